The summed E-state index contributed by atoms with van der Waals surface area (Å²) in [7, 11) is 1.57. The fraction of sp³-hybridized carbons (Fsp3) is 0.174. The zero-order valence-corrected chi connectivity index (χ0v) is 18.1. The monoisotopic (exact) mass is 443 g/mol. The smallest absolute Gasteiger partial charge is 0.332 e. The van der Waals surface area contributed by atoms with Gasteiger partial charge in [0.25, 0.3) is 11.5 Å². The van der Waals surface area contributed by atoms with Crippen LogP contribution in [0.2, 0.25) is 0 Å². The van der Waals surface area contributed by atoms with Gasteiger partial charge in [-0.05, 0) is 18.6 Å². The summed E-state index contributed by atoms with van der Waals surface area (Å²) in [6, 6.07) is 16.6. The fourth-order valence-corrected chi connectivity index (χ4v) is 3.95. The Kier molecular flexibility index (Phi) is 4.89. The van der Waals surface area contributed by atoms with Gasteiger partial charge in [0.15, 0.2) is 16.9 Å². The van der Waals surface area contributed by atoms with Gasteiger partial charge in [-0.3, -0.25) is 13.9 Å². The lowest BCUT2D eigenvalue weighted by molar-refractivity contribution is 0.459. The van der Waals surface area contributed by atoms with Crippen molar-refractivity contribution in [2.24, 2.45) is 17.3 Å². The zero-order chi connectivity index (χ0) is 23.1. The van der Waals surface area contributed by atoms with E-state index in [2.05, 4.69) is 20.2 Å². The molecule has 3 aromatic heterocycles. The van der Waals surface area contributed by atoms with Crippen LogP contribution in [0, 0.1) is 0 Å². The van der Waals surface area contributed by atoms with E-state index < -0.39 is 11.2 Å². The molecule has 0 unspecified atom stereocenters. The van der Waals surface area contributed by atoms with Gasteiger partial charge < -0.3 is 14.7 Å². The summed E-state index contributed by atoms with van der Waals surface area (Å²) in [5.41, 5.74) is 1.43. The highest BCUT2D eigenvalue weighted by molar-refractivity contribution is 5.94. The molecule has 10 nitrogen and oxygen atoms in total. The Morgan fingerprint density at radius 2 is 1.73 bits per heavy atom. The standard InChI is InChI=1S/C23H21N7O3/c1-3-29-18-19(28(2)23(33)30(21(18)32)13-14-9-5-4-6-10-14)25-22(29)27-26-17-15-11-7-8-12-16(15)24-20(17)31/h4-12,24,31H,3,13H2,1-2H3. The molecule has 3 heterocycles. The van der Waals surface area contributed by atoms with Crippen LogP contribution in [0.15, 0.2) is 74.4 Å². The summed E-state index contributed by atoms with van der Waals surface area (Å²) >= 11 is 0. The van der Waals surface area contributed by atoms with E-state index in [4.69, 9.17) is 0 Å². The number of benzene rings is 2. The van der Waals surface area contributed by atoms with E-state index in [1.165, 1.54) is 9.13 Å². The van der Waals surface area contributed by atoms with E-state index in [-0.39, 0.29) is 35.2 Å². The Morgan fingerprint density at radius 3 is 2.48 bits per heavy atom. The van der Waals surface area contributed by atoms with Crippen molar-refractivity contribution in [3.8, 4) is 5.88 Å². The minimum atomic E-state index is -0.463. The Bertz CT molecular complexity index is 1640. The lowest BCUT2D eigenvalue weighted by Gasteiger charge is -2.09. The van der Waals surface area contributed by atoms with E-state index in [1.807, 2.05) is 61.5 Å². The van der Waals surface area contributed by atoms with Gasteiger partial charge in [-0.2, -0.15) is 4.98 Å². The van der Waals surface area contributed by atoms with Crippen molar-refractivity contribution in [2.45, 2.75) is 20.0 Å². The molecule has 0 bridgehead atoms. The van der Waals surface area contributed by atoms with Gasteiger partial charge in [-0.25, -0.2) is 4.79 Å². The first kappa shape index (κ1) is 20.4. The second kappa shape index (κ2) is 7.90. The van der Waals surface area contributed by atoms with Crippen LogP contribution < -0.4 is 11.2 Å². The summed E-state index contributed by atoms with van der Waals surface area (Å²) in [6.07, 6.45) is 0. The van der Waals surface area contributed by atoms with Crippen LogP contribution in [-0.2, 0) is 20.1 Å². The van der Waals surface area contributed by atoms with Gasteiger partial charge >= 0.3 is 5.69 Å². The molecular weight excluding hydrogens is 422 g/mol. The Hall–Kier alpha value is -4.47. The topological polar surface area (TPSA) is 123 Å². The van der Waals surface area contributed by atoms with Crippen LogP contribution in [0.5, 0.6) is 5.88 Å². The molecule has 166 valence electrons. The molecule has 0 aliphatic carbocycles. The molecule has 5 rings (SSSR count). The number of aromatic amines is 1. The van der Waals surface area contributed by atoms with Crippen LogP contribution in [0.25, 0.3) is 22.1 Å². The summed E-state index contributed by atoms with van der Waals surface area (Å²) < 4.78 is 4.15. The molecule has 2 N–H and O–H groups in total. The number of aromatic hydroxyl groups is 1. The molecule has 0 atom stereocenters. The van der Waals surface area contributed by atoms with Crippen LogP contribution in [0.3, 0.4) is 0 Å². The van der Waals surface area contributed by atoms with E-state index in [1.54, 1.807) is 11.6 Å². The van der Waals surface area contributed by atoms with E-state index >= 15 is 0 Å². The SMILES string of the molecule is CCn1c(N=Nc2c(O)[nH]c3ccccc23)nc2c1c(=O)n(Cc1ccccc1)c(=O)n2C. The highest BCUT2D eigenvalue weighted by Crippen LogP contribution is 2.36. The van der Waals surface area contributed by atoms with E-state index in [0.717, 1.165) is 11.1 Å². The largest absolute Gasteiger partial charge is 0.493 e. The highest BCUT2D eigenvalue weighted by atomic mass is 16.3. The predicted octanol–water partition coefficient (Wildman–Crippen LogP) is 3.57. The number of azo groups is 1. The van der Waals surface area contributed by atoms with Gasteiger partial charge in [0.05, 0.1) is 12.1 Å². The number of rotatable bonds is 5. The third kappa shape index (κ3) is 3.32. The number of nitrogens with zero attached hydrogens (tertiary/aromatic N) is 6. The number of nitrogens with one attached hydrogen (secondary N) is 1. The average Bonchev–Trinajstić information content (AvgIpc) is 3.36. The Balaban J connectivity index is 1.67. The van der Waals surface area contributed by atoms with Crippen molar-refractivity contribution in [1.29, 1.82) is 0 Å². The van der Waals surface area contributed by atoms with Crippen molar-refractivity contribution in [2.75, 3.05) is 0 Å². The predicted molar refractivity (Wildman–Crippen MR) is 125 cm³/mol. The highest BCUT2D eigenvalue weighted by Gasteiger charge is 2.20. The molecule has 0 radical (unpaired) electrons. The Morgan fingerprint density at radius 1 is 1.00 bits per heavy atom. The van der Waals surface area contributed by atoms with Crippen molar-refractivity contribution < 1.29 is 5.11 Å². The van der Waals surface area contributed by atoms with Crippen molar-refractivity contribution in [1.82, 2.24) is 23.7 Å². The maximum absolute atomic E-state index is 13.3. The number of hydrogen-bond donors (Lipinski definition) is 2. The molecular formula is C23H21N7O3. The first-order valence-corrected chi connectivity index (χ1v) is 10.4. The van der Waals surface area contributed by atoms with Crippen LogP contribution in [0.1, 0.15) is 12.5 Å². The summed E-state index contributed by atoms with van der Waals surface area (Å²) in [5.74, 6) is 0.0541. The molecule has 0 saturated heterocycles. The third-order valence-corrected chi connectivity index (χ3v) is 5.61. The molecule has 10 heteroatoms. The van der Waals surface area contributed by atoms with Gasteiger partial charge in [0.1, 0.15) is 0 Å². The maximum atomic E-state index is 13.3. The van der Waals surface area contributed by atoms with Crippen LogP contribution in [-0.4, -0.2) is 28.8 Å². The van der Waals surface area contributed by atoms with E-state index in [9.17, 15) is 14.7 Å². The molecule has 0 aliphatic rings. The van der Waals surface area contributed by atoms with Crippen LogP contribution >= 0.6 is 0 Å². The number of aryl methyl sites for hydroxylation is 2. The number of H-pyrrole nitrogens is 1. The molecule has 0 saturated carbocycles. The van der Waals surface area contributed by atoms with Crippen molar-refractivity contribution in [3.63, 3.8) is 0 Å². The summed E-state index contributed by atoms with van der Waals surface area (Å²) in [4.78, 5) is 33.5. The Labute approximate surface area is 187 Å². The normalized spacial score (nSPS) is 11.8. The van der Waals surface area contributed by atoms with Crippen molar-refractivity contribution in [3.05, 3.63) is 81.0 Å². The van der Waals surface area contributed by atoms with Gasteiger partial charge in [-0.1, -0.05) is 48.5 Å². The fourth-order valence-electron chi connectivity index (χ4n) is 3.95. The average molecular weight is 443 g/mol. The lowest BCUT2D eigenvalue weighted by Crippen LogP contribution is -2.39. The van der Waals surface area contributed by atoms with Gasteiger partial charge in [-0.15, -0.1) is 10.2 Å². The first-order valence-electron chi connectivity index (χ1n) is 10.4. The number of fused-ring (bicyclic) bond motifs is 2. The van der Waals surface area contributed by atoms with E-state index in [0.29, 0.717) is 11.9 Å². The summed E-state index contributed by atoms with van der Waals surface area (Å²) in [5, 5.41) is 19.4. The number of hydrogen-bond acceptors (Lipinski definition) is 6. The van der Waals surface area contributed by atoms with Crippen LogP contribution in [0.4, 0.5) is 11.6 Å². The molecule has 0 fully saturated rings. The molecule has 33 heavy (non-hydrogen) atoms. The minimum Gasteiger partial charge on any atom is -0.493 e. The number of para-hydroxylation sites is 1. The molecule has 0 aliphatic heterocycles. The van der Waals surface area contributed by atoms with Gasteiger partial charge in [0.2, 0.25) is 5.88 Å². The summed E-state index contributed by atoms with van der Waals surface area (Å²) in [6.45, 7) is 2.40. The molecule has 0 spiro atoms. The second-order valence-electron chi connectivity index (χ2n) is 7.61. The van der Waals surface area contributed by atoms with Gasteiger partial charge in [0, 0.05) is 19.0 Å². The second-order valence-corrected chi connectivity index (χ2v) is 7.61. The number of imidazole rings is 1. The lowest BCUT2D eigenvalue weighted by atomic mass is 10.2. The first-order chi connectivity index (χ1) is 16.0. The zero-order valence-electron chi connectivity index (χ0n) is 18.1. The quantitative estimate of drug-likeness (QED) is 0.403. The van der Waals surface area contributed by atoms with Crippen molar-refractivity contribution >= 4 is 33.7 Å². The minimum absolute atomic E-state index is 0.114. The maximum Gasteiger partial charge on any atom is 0.332 e. The molecule has 5 aromatic rings. The molecule has 0 amide bonds. The third-order valence-electron chi connectivity index (χ3n) is 5.61. The number of aromatic nitrogens is 5. The molecule has 2 aromatic carbocycles.